The molecule has 4 nitrogen and oxygen atoms in total. The molecule has 1 saturated heterocycles. The third-order valence-corrected chi connectivity index (χ3v) is 3.61. The number of aromatic amines is 1. The van der Waals surface area contributed by atoms with E-state index in [4.69, 9.17) is 4.74 Å². The van der Waals surface area contributed by atoms with Gasteiger partial charge in [0.05, 0.1) is 5.69 Å². The minimum atomic E-state index is 0.726. The first-order chi connectivity index (χ1) is 9.42. The molecule has 19 heavy (non-hydrogen) atoms. The van der Waals surface area contributed by atoms with Crippen LogP contribution in [0, 0.1) is 5.92 Å². The van der Waals surface area contributed by atoms with Crippen LogP contribution in [-0.2, 0) is 4.74 Å². The Hall–Kier alpha value is -1.81. The summed E-state index contributed by atoms with van der Waals surface area (Å²) in [6, 6.07) is 10.4. The Bertz CT molecular complexity index is 504. The van der Waals surface area contributed by atoms with Gasteiger partial charge in [0, 0.05) is 37.2 Å². The lowest BCUT2D eigenvalue weighted by Crippen LogP contribution is -2.22. The number of nitrogens with zero attached hydrogens (tertiary/aromatic N) is 1. The number of hydrogen-bond donors (Lipinski definition) is 2. The fourth-order valence-corrected chi connectivity index (χ4v) is 2.43. The highest BCUT2D eigenvalue weighted by Crippen LogP contribution is 2.21. The highest BCUT2D eigenvalue weighted by molar-refractivity contribution is 5.64. The van der Waals surface area contributed by atoms with E-state index in [0.29, 0.717) is 0 Å². The van der Waals surface area contributed by atoms with Crippen LogP contribution in [0.15, 0.2) is 36.5 Å². The lowest BCUT2D eigenvalue weighted by Gasteiger charge is -2.22. The van der Waals surface area contributed by atoms with Gasteiger partial charge in [0.2, 0.25) is 0 Å². The molecular formula is C15H19N3O. The topological polar surface area (TPSA) is 49.9 Å². The number of rotatable bonds is 4. The van der Waals surface area contributed by atoms with Gasteiger partial charge in [-0.25, -0.2) is 0 Å². The summed E-state index contributed by atoms with van der Waals surface area (Å²) in [5.74, 6) is 0.726. The molecule has 4 heteroatoms. The van der Waals surface area contributed by atoms with E-state index in [-0.39, 0.29) is 0 Å². The molecule has 1 fully saturated rings. The van der Waals surface area contributed by atoms with Gasteiger partial charge >= 0.3 is 0 Å². The van der Waals surface area contributed by atoms with E-state index >= 15 is 0 Å². The molecule has 0 bridgehead atoms. The van der Waals surface area contributed by atoms with Gasteiger partial charge in [-0.3, -0.25) is 5.10 Å². The number of H-pyrrole nitrogens is 1. The number of nitrogens with one attached hydrogen (secondary N) is 2. The molecule has 1 aromatic carbocycles. The van der Waals surface area contributed by atoms with Gasteiger partial charge in [-0.05, 0) is 37.0 Å². The third-order valence-electron chi connectivity index (χ3n) is 3.61. The Morgan fingerprint density at radius 2 is 2.16 bits per heavy atom. The first-order valence-electron chi connectivity index (χ1n) is 6.83. The summed E-state index contributed by atoms with van der Waals surface area (Å²) in [6.45, 7) is 2.83. The van der Waals surface area contributed by atoms with Gasteiger partial charge in [-0.1, -0.05) is 12.1 Å². The van der Waals surface area contributed by atoms with Crippen molar-refractivity contribution in [1.82, 2.24) is 10.2 Å². The van der Waals surface area contributed by atoms with Gasteiger partial charge in [-0.15, -0.1) is 0 Å². The fourth-order valence-electron chi connectivity index (χ4n) is 2.43. The van der Waals surface area contributed by atoms with E-state index in [9.17, 15) is 0 Å². The highest BCUT2D eigenvalue weighted by atomic mass is 16.5. The molecule has 1 aliphatic rings. The molecule has 0 spiro atoms. The summed E-state index contributed by atoms with van der Waals surface area (Å²) in [5.41, 5.74) is 3.38. The van der Waals surface area contributed by atoms with Crippen LogP contribution in [0.25, 0.3) is 11.3 Å². The second-order valence-electron chi connectivity index (χ2n) is 4.99. The SMILES string of the molecule is c1cc(NCC2CCOCC2)cc(-c2ccn[nH]2)c1. The molecule has 0 atom stereocenters. The van der Waals surface area contributed by atoms with Gasteiger partial charge in [0.25, 0.3) is 0 Å². The van der Waals surface area contributed by atoms with E-state index < -0.39 is 0 Å². The van der Waals surface area contributed by atoms with E-state index in [1.54, 1.807) is 6.20 Å². The summed E-state index contributed by atoms with van der Waals surface area (Å²) in [7, 11) is 0. The summed E-state index contributed by atoms with van der Waals surface area (Å²) in [5, 5.41) is 10.5. The van der Waals surface area contributed by atoms with Crippen molar-refractivity contribution in [3.63, 3.8) is 0 Å². The van der Waals surface area contributed by atoms with Crippen molar-refractivity contribution in [2.45, 2.75) is 12.8 Å². The largest absolute Gasteiger partial charge is 0.385 e. The first kappa shape index (κ1) is 12.2. The van der Waals surface area contributed by atoms with Crippen molar-refractivity contribution >= 4 is 5.69 Å². The van der Waals surface area contributed by atoms with Crippen molar-refractivity contribution < 1.29 is 4.74 Å². The van der Waals surface area contributed by atoms with Crippen molar-refractivity contribution in [1.29, 1.82) is 0 Å². The van der Waals surface area contributed by atoms with E-state index in [2.05, 4.69) is 39.8 Å². The second-order valence-corrected chi connectivity index (χ2v) is 4.99. The first-order valence-corrected chi connectivity index (χ1v) is 6.83. The molecule has 1 aromatic heterocycles. The van der Waals surface area contributed by atoms with E-state index in [0.717, 1.165) is 49.8 Å². The minimum Gasteiger partial charge on any atom is -0.385 e. The van der Waals surface area contributed by atoms with Gasteiger partial charge < -0.3 is 10.1 Å². The summed E-state index contributed by atoms with van der Waals surface area (Å²) in [4.78, 5) is 0. The zero-order chi connectivity index (χ0) is 12.9. The van der Waals surface area contributed by atoms with Gasteiger partial charge in [0.1, 0.15) is 0 Å². The fraction of sp³-hybridized carbons (Fsp3) is 0.400. The Morgan fingerprint density at radius 3 is 2.95 bits per heavy atom. The third kappa shape index (κ3) is 3.15. The maximum absolute atomic E-state index is 5.38. The summed E-state index contributed by atoms with van der Waals surface area (Å²) >= 11 is 0. The number of aromatic nitrogens is 2. The zero-order valence-electron chi connectivity index (χ0n) is 10.9. The Balaban J connectivity index is 1.63. The van der Waals surface area contributed by atoms with Crippen molar-refractivity contribution in [3.05, 3.63) is 36.5 Å². The zero-order valence-corrected chi connectivity index (χ0v) is 10.9. The molecule has 0 amide bonds. The standard InChI is InChI=1S/C15H19N3O/c1-2-13(15-4-7-17-18-15)10-14(3-1)16-11-12-5-8-19-9-6-12/h1-4,7,10,12,16H,5-6,8-9,11H2,(H,17,18). The Morgan fingerprint density at radius 1 is 1.26 bits per heavy atom. The smallest absolute Gasteiger partial charge is 0.0650 e. The molecule has 0 unspecified atom stereocenters. The summed E-state index contributed by atoms with van der Waals surface area (Å²) < 4.78 is 5.38. The van der Waals surface area contributed by atoms with E-state index in [1.165, 1.54) is 5.69 Å². The van der Waals surface area contributed by atoms with Crippen LogP contribution in [-0.4, -0.2) is 30.0 Å². The maximum atomic E-state index is 5.38. The van der Waals surface area contributed by atoms with Crippen LogP contribution >= 0.6 is 0 Å². The van der Waals surface area contributed by atoms with Crippen molar-refractivity contribution in [2.24, 2.45) is 5.92 Å². The average molecular weight is 257 g/mol. The number of ether oxygens (including phenoxy) is 1. The van der Waals surface area contributed by atoms with E-state index in [1.807, 2.05) is 6.07 Å². The van der Waals surface area contributed by atoms with Crippen molar-refractivity contribution in [2.75, 3.05) is 25.1 Å². The minimum absolute atomic E-state index is 0.726. The predicted molar refractivity (Wildman–Crippen MR) is 76.1 cm³/mol. The highest BCUT2D eigenvalue weighted by Gasteiger charge is 2.13. The normalized spacial score (nSPS) is 16.4. The second kappa shape index (κ2) is 5.89. The average Bonchev–Trinajstić information content (AvgIpc) is 3.01. The van der Waals surface area contributed by atoms with Gasteiger partial charge in [0.15, 0.2) is 0 Å². The molecule has 0 radical (unpaired) electrons. The maximum Gasteiger partial charge on any atom is 0.0650 e. The summed E-state index contributed by atoms with van der Waals surface area (Å²) in [6.07, 6.45) is 4.10. The van der Waals surface area contributed by atoms with Gasteiger partial charge in [-0.2, -0.15) is 5.10 Å². The van der Waals surface area contributed by atoms with Crippen LogP contribution in [0.3, 0.4) is 0 Å². The molecule has 2 N–H and O–H groups in total. The predicted octanol–water partition coefficient (Wildman–Crippen LogP) is 2.92. The lowest BCUT2D eigenvalue weighted by atomic mass is 10.0. The molecule has 0 saturated carbocycles. The molecule has 0 aliphatic carbocycles. The molecule has 100 valence electrons. The lowest BCUT2D eigenvalue weighted by molar-refractivity contribution is 0.0699. The van der Waals surface area contributed by atoms with Crippen LogP contribution in [0.1, 0.15) is 12.8 Å². The molecular weight excluding hydrogens is 238 g/mol. The molecule has 1 aliphatic heterocycles. The van der Waals surface area contributed by atoms with Crippen molar-refractivity contribution in [3.8, 4) is 11.3 Å². The molecule has 2 heterocycles. The number of anilines is 1. The van der Waals surface area contributed by atoms with Crippen LogP contribution in [0.4, 0.5) is 5.69 Å². The quantitative estimate of drug-likeness (QED) is 0.885. The monoisotopic (exact) mass is 257 g/mol. The number of hydrogen-bond acceptors (Lipinski definition) is 3. The van der Waals surface area contributed by atoms with Crippen LogP contribution < -0.4 is 5.32 Å². The number of benzene rings is 1. The molecule has 2 aromatic rings. The van der Waals surface area contributed by atoms with Crippen LogP contribution in [0.2, 0.25) is 0 Å². The Kier molecular flexibility index (Phi) is 3.79. The molecule has 3 rings (SSSR count). The Labute approximate surface area is 113 Å². The van der Waals surface area contributed by atoms with Crippen LogP contribution in [0.5, 0.6) is 0 Å².